The first-order valence-corrected chi connectivity index (χ1v) is 11.5. The van der Waals surface area contributed by atoms with Crippen LogP contribution in [0, 0.1) is 0 Å². The molecule has 6 nitrogen and oxygen atoms in total. The Balaban J connectivity index is 0.000000337. The van der Waals surface area contributed by atoms with Gasteiger partial charge in [0.15, 0.2) is 8.32 Å². The zero-order valence-corrected chi connectivity index (χ0v) is 17.5. The van der Waals surface area contributed by atoms with Gasteiger partial charge in [0.1, 0.15) is 0 Å². The van der Waals surface area contributed by atoms with Crippen LogP contribution in [0.2, 0.25) is 18.1 Å². The molecule has 146 valence electrons. The molecule has 0 fully saturated rings. The lowest BCUT2D eigenvalue weighted by Gasteiger charge is -2.36. The summed E-state index contributed by atoms with van der Waals surface area (Å²) in [7, 11) is -1.83. The van der Waals surface area contributed by atoms with Crippen LogP contribution in [0.1, 0.15) is 47.1 Å². The fraction of sp³-hybridized carbons (Fsp3) is 0.350. The van der Waals surface area contributed by atoms with Crippen LogP contribution in [0.3, 0.4) is 0 Å². The smallest absolute Gasteiger partial charge is 0.335 e. The first-order chi connectivity index (χ1) is 12.5. The summed E-state index contributed by atoms with van der Waals surface area (Å²) >= 11 is 0. The van der Waals surface area contributed by atoms with Crippen LogP contribution in [-0.4, -0.2) is 30.3 Å². The fourth-order valence-electron chi connectivity index (χ4n) is 1.84. The monoisotopic (exact) mass is 388 g/mol. The van der Waals surface area contributed by atoms with Crippen molar-refractivity contribution in [2.24, 2.45) is 5.73 Å². The Labute approximate surface area is 161 Å². The quantitative estimate of drug-likeness (QED) is 0.751. The van der Waals surface area contributed by atoms with E-state index in [9.17, 15) is 9.59 Å². The molecular weight excluding hydrogens is 360 g/mol. The van der Waals surface area contributed by atoms with E-state index < -0.39 is 20.2 Å². The zero-order valence-electron chi connectivity index (χ0n) is 16.5. The number of nitrogens with zero attached hydrogens (tertiary/aromatic N) is 1. The van der Waals surface area contributed by atoms with E-state index in [4.69, 9.17) is 15.3 Å². The van der Waals surface area contributed by atoms with Gasteiger partial charge in [-0.2, -0.15) is 0 Å². The maximum Gasteiger partial charge on any atom is 0.335 e. The maximum absolute atomic E-state index is 11.3. The van der Waals surface area contributed by atoms with Crippen LogP contribution in [0.15, 0.2) is 48.8 Å². The van der Waals surface area contributed by atoms with E-state index in [1.807, 2.05) is 0 Å². The summed E-state index contributed by atoms with van der Waals surface area (Å²) in [6, 6.07) is 9.93. The molecule has 27 heavy (non-hydrogen) atoms. The fourth-order valence-corrected chi connectivity index (χ4v) is 2.79. The Hall–Kier alpha value is -2.51. The Bertz CT molecular complexity index is 771. The minimum absolute atomic E-state index is 0.141. The molecular formula is C20H28N2O4Si. The van der Waals surface area contributed by atoms with Gasteiger partial charge in [0.2, 0.25) is 5.91 Å². The average Bonchev–Trinajstić information content (AvgIpc) is 2.60. The summed E-state index contributed by atoms with van der Waals surface area (Å²) < 4.78 is 6.06. The summed E-state index contributed by atoms with van der Waals surface area (Å²) in [5.74, 6) is -1.32. The van der Waals surface area contributed by atoms with Gasteiger partial charge in [-0.05, 0) is 36.3 Å². The topological polar surface area (TPSA) is 103 Å². The molecule has 0 atom stereocenters. The van der Waals surface area contributed by atoms with Crippen molar-refractivity contribution in [3.63, 3.8) is 0 Å². The SMILES string of the molecule is CC(C)(C)[Si](C)(C)OCc1cnccc1C(N)=O.O=C(O)c1ccccc1. The number of carboxylic acids is 1. The lowest BCUT2D eigenvalue weighted by atomic mass is 10.1. The van der Waals surface area contributed by atoms with Gasteiger partial charge in [0.25, 0.3) is 0 Å². The minimum atomic E-state index is -1.83. The number of rotatable bonds is 5. The van der Waals surface area contributed by atoms with Gasteiger partial charge in [0.05, 0.1) is 12.2 Å². The predicted octanol–water partition coefficient (Wildman–Crippen LogP) is 4.09. The molecule has 0 aliphatic rings. The highest BCUT2D eigenvalue weighted by atomic mass is 28.4. The van der Waals surface area contributed by atoms with Crippen molar-refractivity contribution in [3.8, 4) is 0 Å². The third kappa shape index (κ3) is 6.95. The van der Waals surface area contributed by atoms with Gasteiger partial charge < -0.3 is 15.3 Å². The van der Waals surface area contributed by atoms with Gasteiger partial charge in [0, 0.05) is 23.5 Å². The molecule has 3 N–H and O–H groups in total. The summed E-state index contributed by atoms with van der Waals surface area (Å²) in [4.78, 5) is 25.5. The number of primary amides is 1. The van der Waals surface area contributed by atoms with E-state index in [1.54, 1.807) is 48.8 Å². The van der Waals surface area contributed by atoms with Crippen molar-refractivity contribution in [2.45, 2.75) is 45.5 Å². The number of amides is 1. The molecule has 2 rings (SSSR count). The molecule has 0 aliphatic heterocycles. The van der Waals surface area contributed by atoms with Crippen molar-refractivity contribution < 1.29 is 19.1 Å². The van der Waals surface area contributed by atoms with E-state index in [2.05, 4.69) is 38.8 Å². The van der Waals surface area contributed by atoms with E-state index in [0.29, 0.717) is 17.7 Å². The molecule has 0 saturated heterocycles. The van der Waals surface area contributed by atoms with Crippen LogP contribution in [0.5, 0.6) is 0 Å². The number of carbonyl (C=O) groups is 2. The Morgan fingerprint density at radius 3 is 2.19 bits per heavy atom. The van der Waals surface area contributed by atoms with Crippen LogP contribution in [0.4, 0.5) is 0 Å². The number of carbonyl (C=O) groups excluding carboxylic acids is 1. The molecule has 1 aromatic heterocycles. The number of benzene rings is 1. The van der Waals surface area contributed by atoms with Gasteiger partial charge in [-0.25, -0.2) is 4.79 Å². The Morgan fingerprint density at radius 2 is 1.74 bits per heavy atom. The van der Waals surface area contributed by atoms with E-state index in [-0.39, 0.29) is 5.04 Å². The summed E-state index contributed by atoms with van der Waals surface area (Å²) in [5.41, 5.74) is 6.91. The summed E-state index contributed by atoms with van der Waals surface area (Å²) in [5, 5.41) is 8.53. The Kier molecular flexibility index (Phi) is 7.87. The minimum Gasteiger partial charge on any atom is -0.478 e. The number of nitrogens with two attached hydrogens (primary N) is 1. The van der Waals surface area contributed by atoms with Gasteiger partial charge >= 0.3 is 5.97 Å². The van der Waals surface area contributed by atoms with E-state index >= 15 is 0 Å². The second-order valence-electron chi connectivity index (χ2n) is 7.62. The predicted molar refractivity (Wildman–Crippen MR) is 108 cm³/mol. The lowest BCUT2D eigenvalue weighted by Crippen LogP contribution is -2.40. The van der Waals surface area contributed by atoms with Gasteiger partial charge in [-0.15, -0.1) is 0 Å². The van der Waals surface area contributed by atoms with Crippen LogP contribution < -0.4 is 5.73 Å². The third-order valence-electron chi connectivity index (χ3n) is 4.58. The second-order valence-corrected chi connectivity index (χ2v) is 12.4. The number of aromatic carboxylic acids is 1. The number of hydrogen-bond acceptors (Lipinski definition) is 4. The van der Waals surface area contributed by atoms with Crippen LogP contribution in [-0.2, 0) is 11.0 Å². The first kappa shape index (κ1) is 22.5. The first-order valence-electron chi connectivity index (χ1n) is 8.60. The van der Waals surface area contributed by atoms with E-state index in [1.165, 1.54) is 0 Å². The van der Waals surface area contributed by atoms with Gasteiger partial charge in [-0.1, -0.05) is 39.0 Å². The van der Waals surface area contributed by atoms with Crippen molar-refractivity contribution in [1.82, 2.24) is 4.98 Å². The van der Waals surface area contributed by atoms with Gasteiger partial charge in [-0.3, -0.25) is 9.78 Å². The Morgan fingerprint density at radius 1 is 1.15 bits per heavy atom. The largest absolute Gasteiger partial charge is 0.478 e. The highest BCUT2D eigenvalue weighted by Gasteiger charge is 2.37. The average molecular weight is 389 g/mol. The standard InChI is InChI=1S/C13H22N2O2Si.C7H6O2/c1-13(2,3)18(4,5)17-9-10-8-15-7-6-11(10)12(14)16;8-7(9)6-4-2-1-3-5-6/h6-8H,9H2,1-5H3,(H2,14,16);1-5H,(H,8,9). The molecule has 2 aromatic rings. The normalized spacial score (nSPS) is 11.3. The van der Waals surface area contributed by atoms with Crippen molar-refractivity contribution >= 4 is 20.2 Å². The van der Waals surface area contributed by atoms with Crippen LogP contribution in [0.25, 0.3) is 0 Å². The van der Waals surface area contributed by atoms with Crippen molar-refractivity contribution in [1.29, 1.82) is 0 Å². The number of hydrogen-bond donors (Lipinski definition) is 2. The highest BCUT2D eigenvalue weighted by Crippen LogP contribution is 2.37. The second kappa shape index (κ2) is 9.43. The number of aromatic nitrogens is 1. The maximum atomic E-state index is 11.3. The molecule has 0 aliphatic carbocycles. The molecule has 1 aromatic carbocycles. The molecule has 0 bridgehead atoms. The molecule has 0 saturated carbocycles. The zero-order chi connectivity index (χ0) is 20.7. The van der Waals surface area contributed by atoms with Crippen molar-refractivity contribution in [2.75, 3.05) is 0 Å². The molecule has 0 unspecified atom stereocenters. The number of pyridine rings is 1. The summed E-state index contributed by atoms with van der Waals surface area (Å²) in [6.07, 6.45) is 3.21. The third-order valence-corrected chi connectivity index (χ3v) is 9.06. The molecule has 1 heterocycles. The van der Waals surface area contributed by atoms with E-state index in [0.717, 1.165) is 5.56 Å². The van der Waals surface area contributed by atoms with Crippen molar-refractivity contribution in [3.05, 3.63) is 65.5 Å². The highest BCUT2D eigenvalue weighted by molar-refractivity contribution is 6.74. The van der Waals surface area contributed by atoms with Crippen LogP contribution >= 0.6 is 0 Å². The molecule has 1 amide bonds. The summed E-state index contributed by atoms with van der Waals surface area (Å²) in [6.45, 7) is 11.3. The molecule has 7 heteroatoms. The lowest BCUT2D eigenvalue weighted by molar-refractivity contribution is 0.0696. The molecule has 0 radical (unpaired) electrons. The number of carboxylic acid groups (broad SMARTS) is 1. The molecule has 0 spiro atoms.